The van der Waals surface area contributed by atoms with Crippen molar-refractivity contribution in [2.45, 2.75) is 45.1 Å². The number of urea groups is 1. The zero-order chi connectivity index (χ0) is 12.7. The molecule has 1 saturated carbocycles. The lowest BCUT2D eigenvalue weighted by Gasteiger charge is -2.42. The van der Waals surface area contributed by atoms with Crippen LogP contribution in [0, 0.1) is 5.41 Å². The topological polar surface area (TPSA) is 49.4 Å². The third-order valence-corrected chi connectivity index (χ3v) is 4.97. The molecule has 1 aliphatic carbocycles. The number of hydrogen-bond acceptors (Lipinski definition) is 3. The zero-order valence-corrected chi connectivity index (χ0v) is 11.3. The van der Waals surface area contributed by atoms with Gasteiger partial charge in [0.1, 0.15) is 5.54 Å². The van der Waals surface area contributed by atoms with Gasteiger partial charge in [-0.2, -0.15) is 12.6 Å². The molecule has 1 atom stereocenters. The first kappa shape index (κ1) is 12.7. The Balaban J connectivity index is 2.12. The second-order valence-electron chi connectivity index (χ2n) is 5.52. The van der Waals surface area contributed by atoms with Gasteiger partial charge in [-0.25, -0.2) is 4.79 Å². The van der Waals surface area contributed by atoms with E-state index in [2.05, 4.69) is 17.9 Å². The van der Waals surface area contributed by atoms with Gasteiger partial charge < -0.3 is 5.32 Å². The fourth-order valence-electron chi connectivity index (χ4n) is 2.51. The second kappa shape index (κ2) is 4.19. The van der Waals surface area contributed by atoms with Gasteiger partial charge in [0.25, 0.3) is 5.91 Å². The molecule has 0 aromatic rings. The van der Waals surface area contributed by atoms with Crippen LogP contribution in [0.3, 0.4) is 0 Å². The number of imide groups is 1. The summed E-state index contributed by atoms with van der Waals surface area (Å²) in [5.41, 5.74) is -0.645. The molecular weight excluding hydrogens is 236 g/mol. The molecule has 4 nitrogen and oxygen atoms in total. The van der Waals surface area contributed by atoms with Crippen molar-refractivity contribution in [3.8, 4) is 0 Å². The SMILES string of the molecule is CCC1(C)NC(=O)N(CC2(CS)CCC2)C1=O. The van der Waals surface area contributed by atoms with Crippen LogP contribution in [0.15, 0.2) is 0 Å². The van der Waals surface area contributed by atoms with E-state index in [-0.39, 0.29) is 17.4 Å². The van der Waals surface area contributed by atoms with E-state index in [0.717, 1.165) is 18.6 Å². The Kier molecular flexibility index (Phi) is 3.14. The largest absolute Gasteiger partial charge is 0.325 e. The van der Waals surface area contributed by atoms with Gasteiger partial charge in [-0.3, -0.25) is 9.69 Å². The molecule has 1 heterocycles. The first-order valence-corrected chi connectivity index (χ1v) is 6.85. The van der Waals surface area contributed by atoms with E-state index in [1.165, 1.54) is 11.3 Å². The molecule has 17 heavy (non-hydrogen) atoms. The van der Waals surface area contributed by atoms with E-state index in [9.17, 15) is 9.59 Å². The monoisotopic (exact) mass is 256 g/mol. The summed E-state index contributed by atoms with van der Waals surface area (Å²) >= 11 is 4.36. The highest BCUT2D eigenvalue weighted by Gasteiger charge is 2.50. The van der Waals surface area contributed by atoms with Crippen molar-refractivity contribution in [3.05, 3.63) is 0 Å². The van der Waals surface area contributed by atoms with E-state index in [1.54, 1.807) is 6.92 Å². The van der Waals surface area contributed by atoms with Crippen LogP contribution in [-0.4, -0.2) is 34.7 Å². The first-order valence-electron chi connectivity index (χ1n) is 6.21. The molecule has 0 aromatic heterocycles. The molecule has 1 N–H and O–H groups in total. The van der Waals surface area contributed by atoms with E-state index < -0.39 is 5.54 Å². The van der Waals surface area contributed by atoms with Crippen LogP contribution in [0.2, 0.25) is 0 Å². The van der Waals surface area contributed by atoms with Gasteiger partial charge in [-0.05, 0) is 37.4 Å². The Labute approximate surface area is 108 Å². The molecule has 0 spiro atoms. The quantitative estimate of drug-likeness (QED) is 0.595. The van der Waals surface area contributed by atoms with Gasteiger partial charge in [0.2, 0.25) is 0 Å². The van der Waals surface area contributed by atoms with E-state index in [1.807, 2.05) is 6.92 Å². The maximum atomic E-state index is 12.2. The standard InChI is InChI=1S/C12H20N2O2S/c1-3-11(2)9(15)14(10(16)13-11)7-12(8-17)5-4-6-12/h17H,3-8H2,1-2H3,(H,13,16). The second-order valence-corrected chi connectivity index (χ2v) is 5.84. The lowest BCUT2D eigenvalue weighted by molar-refractivity contribution is -0.132. The number of hydrogen-bond donors (Lipinski definition) is 2. The number of nitrogens with one attached hydrogen (secondary N) is 1. The fraction of sp³-hybridized carbons (Fsp3) is 0.833. The minimum Gasteiger partial charge on any atom is -0.323 e. The highest BCUT2D eigenvalue weighted by Crippen LogP contribution is 2.43. The Morgan fingerprint density at radius 1 is 1.41 bits per heavy atom. The number of rotatable bonds is 4. The fourth-order valence-corrected chi connectivity index (χ4v) is 2.92. The lowest BCUT2D eigenvalue weighted by Crippen LogP contribution is -2.47. The number of carbonyl (C=O) groups excluding carboxylic acids is 2. The van der Waals surface area contributed by atoms with Gasteiger partial charge in [0, 0.05) is 6.54 Å². The molecule has 2 aliphatic rings. The normalized spacial score (nSPS) is 31.4. The number of nitrogens with zero attached hydrogens (tertiary/aromatic N) is 1. The van der Waals surface area contributed by atoms with Crippen molar-refractivity contribution in [3.63, 3.8) is 0 Å². The molecule has 0 bridgehead atoms. The van der Waals surface area contributed by atoms with Gasteiger partial charge in [0.05, 0.1) is 0 Å². The van der Waals surface area contributed by atoms with Crippen LogP contribution >= 0.6 is 12.6 Å². The average molecular weight is 256 g/mol. The summed E-state index contributed by atoms with van der Waals surface area (Å²) in [4.78, 5) is 25.5. The minimum atomic E-state index is -0.710. The van der Waals surface area contributed by atoms with Gasteiger partial charge in [0.15, 0.2) is 0 Å². The summed E-state index contributed by atoms with van der Waals surface area (Å²) in [6.45, 7) is 4.23. The van der Waals surface area contributed by atoms with Crippen molar-refractivity contribution in [1.29, 1.82) is 0 Å². The van der Waals surface area contributed by atoms with Gasteiger partial charge in [-0.15, -0.1) is 0 Å². The molecule has 3 amide bonds. The minimum absolute atomic E-state index is 0.0646. The van der Waals surface area contributed by atoms with Gasteiger partial charge in [-0.1, -0.05) is 13.3 Å². The summed E-state index contributed by atoms with van der Waals surface area (Å²) in [6, 6.07) is -0.243. The molecule has 1 saturated heterocycles. The summed E-state index contributed by atoms with van der Waals surface area (Å²) in [5.74, 6) is 0.658. The summed E-state index contributed by atoms with van der Waals surface area (Å²) in [6.07, 6.45) is 3.93. The highest BCUT2D eigenvalue weighted by atomic mass is 32.1. The Morgan fingerprint density at radius 2 is 2.06 bits per heavy atom. The number of thiol groups is 1. The number of carbonyl (C=O) groups is 2. The van der Waals surface area contributed by atoms with E-state index in [0.29, 0.717) is 13.0 Å². The summed E-state index contributed by atoms with van der Waals surface area (Å²) in [7, 11) is 0. The molecule has 1 unspecified atom stereocenters. The van der Waals surface area contributed by atoms with Crippen LogP contribution in [0.1, 0.15) is 39.5 Å². The van der Waals surface area contributed by atoms with Gasteiger partial charge >= 0.3 is 6.03 Å². The predicted molar refractivity (Wildman–Crippen MR) is 69.1 cm³/mol. The maximum absolute atomic E-state index is 12.2. The molecule has 0 radical (unpaired) electrons. The highest BCUT2D eigenvalue weighted by molar-refractivity contribution is 7.80. The van der Waals surface area contributed by atoms with Crippen LogP contribution in [0.4, 0.5) is 4.79 Å². The third-order valence-electron chi connectivity index (χ3n) is 4.30. The summed E-state index contributed by atoms with van der Waals surface area (Å²) < 4.78 is 0. The van der Waals surface area contributed by atoms with Crippen LogP contribution in [-0.2, 0) is 4.79 Å². The van der Waals surface area contributed by atoms with Crippen molar-refractivity contribution in [2.24, 2.45) is 5.41 Å². The first-order chi connectivity index (χ1) is 7.96. The van der Waals surface area contributed by atoms with Crippen molar-refractivity contribution in [2.75, 3.05) is 12.3 Å². The Hall–Kier alpha value is -0.710. The van der Waals surface area contributed by atoms with E-state index in [4.69, 9.17) is 0 Å². The zero-order valence-electron chi connectivity index (χ0n) is 10.5. The molecule has 96 valence electrons. The van der Waals surface area contributed by atoms with Crippen molar-refractivity contribution >= 4 is 24.6 Å². The van der Waals surface area contributed by atoms with E-state index >= 15 is 0 Å². The molecule has 1 aliphatic heterocycles. The van der Waals surface area contributed by atoms with Crippen LogP contribution in [0.5, 0.6) is 0 Å². The average Bonchev–Trinajstić information content (AvgIpc) is 2.47. The molecular formula is C12H20N2O2S. The Bertz CT molecular complexity index is 349. The van der Waals surface area contributed by atoms with Crippen LogP contribution in [0.25, 0.3) is 0 Å². The third kappa shape index (κ3) is 1.94. The smallest absolute Gasteiger partial charge is 0.323 e. The molecule has 2 rings (SSSR count). The molecule has 0 aromatic carbocycles. The lowest BCUT2D eigenvalue weighted by atomic mass is 9.70. The maximum Gasteiger partial charge on any atom is 0.325 e. The van der Waals surface area contributed by atoms with Crippen molar-refractivity contribution < 1.29 is 9.59 Å². The summed E-state index contributed by atoms with van der Waals surface area (Å²) in [5, 5.41) is 2.79. The van der Waals surface area contributed by atoms with Crippen molar-refractivity contribution in [1.82, 2.24) is 10.2 Å². The predicted octanol–water partition coefficient (Wildman–Crippen LogP) is 1.81. The van der Waals surface area contributed by atoms with Crippen LogP contribution < -0.4 is 5.32 Å². The number of amides is 3. The molecule has 2 fully saturated rings. The Morgan fingerprint density at radius 3 is 2.41 bits per heavy atom. The molecule has 5 heteroatoms.